The van der Waals surface area contributed by atoms with E-state index in [4.69, 9.17) is 4.74 Å². The van der Waals surface area contributed by atoms with Crippen molar-refractivity contribution >= 4 is 23.3 Å². The van der Waals surface area contributed by atoms with Crippen molar-refractivity contribution in [1.29, 1.82) is 0 Å². The molecule has 1 N–H and O–H groups in total. The van der Waals surface area contributed by atoms with Gasteiger partial charge in [-0.2, -0.15) is 0 Å². The average Bonchev–Trinajstić information content (AvgIpc) is 2.48. The number of carbonyl (C=O) groups is 2. The number of nitrogens with zero attached hydrogens (tertiary/aromatic N) is 1. The summed E-state index contributed by atoms with van der Waals surface area (Å²) in [4.78, 5) is 34.2. The summed E-state index contributed by atoms with van der Waals surface area (Å²) >= 11 is 0. The van der Waals surface area contributed by atoms with Gasteiger partial charge < -0.3 is 10.1 Å². The first kappa shape index (κ1) is 17.6. The molecule has 7 nitrogen and oxygen atoms in total. The van der Waals surface area contributed by atoms with Crippen molar-refractivity contribution in [2.24, 2.45) is 5.92 Å². The molecule has 0 saturated carbocycles. The highest BCUT2D eigenvalue weighted by Gasteiger charge is 2.23. The first-order valence-electron chi connectivity index (χ1n) is 7.20. The molecule has 1 aromatic rings. The minimum absolute atomic E-state index is 0.111. The van der Waals surface area contributed by atoms with Crippen molar-refractivity contribution < 1.29 is 19.2 Å². The van der Waals surface area contributed by atoms with Gasteiger partial charge in [0.15, 0.2) is 0 Å². The standard InChI is InChI=1S/C15H20N2O5/c1-4-10(5-2)14(18)16-11-7-8-13(17(20)21)12(9-11)15(19)22-6-3/h7-10H,4-6H2,1-3H3,(H,16,18). The van der Waals surface area contributed by atoms with Crippen LogP contribution >= 0.6 is 0 Å². The monoisotopic (exact) mass is 308 g/mol. The van der Waals surface area contributed by atoms with E-state index in [-0.39, 0.29) is 29.7 Å². The number of nitro benzene ring substituents is 1. The maximum Gasteiger partial charge on any atom is 0.345 e. The number of nitro groups is 1. The van der Waals surface area contributed by atoms with Gasteiger partial charge in [-0.1, -0.05) is 13.8 Å². The van der Waals surface area contributed by atoms with E-state index in [1.165, 1.54) is 18.2 Å². The number of esters is 1. The van der Waals surface area contributed by atoms with Crippen LogP contribution in [0, 0.1) is 16.0 Å². The smallest absolute Gasteiger partial charge is 0.345 e. The van der Waals surface area contributed by atoms with Crippen LogP contribution < -0.4 is 5.32 Å². The molecular formula is C15H20N2O5. The second kappa shape index (κ2) is 8.11. The van der Waals surface area contributed by atoms with Crippen molar-refractivity contribution in [3.05, 3.63) is 33.9 Å². The van der Waals surface area contributed by atoms with Crippen LogP contribution in [0.3, 0.4) is 0 Å². The molecule has 0 radical (unpaired) electrons. The van der Waals surface area contributed by atoms with E-state index in [1.807, 2.05) is 13.8 Å². The quantitative estimate of drug-likeness (QED) is 0.474. The molecule has 22 heavy (non-hydrogen) atoms. The fourth-order valence-electron chi connectivity index (χ4n) is 2.05. The second-order valence-corrected chi connectivity index (χ2v) is 4.71. The molecule has 0 unspecified atom stereocenters. The Balaban J connectivity index is 3.08. The third kappa shape index (κ3) is 4.28. The molecule has 0 aliphatic carbocycles. The number of hydrogen-bond donors (Lipinski definition) is 1. The van der Waals surface area contributed by atoms with Crippen LogP contribution in [0.1, 0.15) is 44.0 Å². The molecule has 7 heteroatoms. The lowest BCUT2D eigenvalue weighted by Gasteiger charge is -2.13. The largest absolute Gasteiger partial charge is 0.462 e. The summed E-state index contributed by atoms with van der Waals surface area (Å²) in [5.74, 6) is -1.09. The molecule has 0 spiro atoms. The Bertz CT molecular complexity index is 567. The average molecular weight is 308 g/mol. The van der Waals surface area contributed by atoms with Gasteiger partial charge in [-0.15, -0.1) is 0 Å². The van der Waals surface area contributed by atoms with Crippen LogP contribution in [-0.2, 0) is 9.53 Å². The molecule has 0 atom stereocenters. The van der Waals surface area contributed by atoms with Gasteiger partial charge in [0.05, 0.1) is 11.5 Å². The molecule has 1 aromatic carbocycles. The number of hydrogen-bond acceptors (Lipinski definition) is 5. The summed E-state index contributed by atoms with van der Waals surface area (Å²) < 4.78 is 4.81. The summed E-state index contributed by atoms with van der Waals surface area (Å²) in [6.07, 6.45) is 1.39. The lowest BCUT2D eigenvalue weighted by atomic mass is 10.0. The van der Waals surface area contributed by atoms with Gasteiger partial charge in [0.25, 0.3) is 5.69 Å². The first-order chi connectivity index (χ1) is 10.4. The number of benzene rings is 1. The Hall–Kier alpha value is -2.44. The van der Waals surface area contributed by atoms with E-state index in [0.29, 0.717) is 18.5 Å². The summed E-state index contributed by atoms with van der Waals surface area (Å²) in [5, 5.41) is 13.7. The van der Waals surface area contributed by atoms with Crippen molar-refractivity contribution in [1.82, 2.24) is 0 Å². The van der Waals surface area contributed by atoms with Gasteiger partial charge in [0, 0.05) is 17.7 Å². The van der Waals surface area contributed by atoms with Gasteiger partial charge in [0.2, 0.25) is 5.91 Å². The Morgan fingerprint density at radius 2 is 1.91 bits per heavy atom. The van der Waals surface area contributed by atoms with Crippen molar-refractivity contribution in [2.75, 3.05) is 11.9 Å². The van der Waals surface area contributed by atoms with E-state index in [1.54, 1.807) is 6.92 Å². The number of ether oxygens (including phenoxy) is 1. The Morgan fingerprint density at radius 3 is 2.41 bits per heavy atom. The molecule has 120 valence electrons. The number of anilines is 1. The van der Waals surface area contributed by atoms with Gasteiger partial charge >= 0.3 is 5.97 Å². The van der Waals surface area contributed by atoms with Gasteiger partial charge in [-0.05, 0) is 31.9 Å². The molecule has 0 fully saturated rings. The van der Waals surface area contributed by atoms with Crippen LogP contribution in [0.15, 0.2) is 18.2 Å². The molecule has 0 bridgehead atoms. The Kier molecular flexibility index (Phi) is 6.49. The molecule has 0 aliphatic heterocycles. The summed E-state index contributed by atoms with van der Waals surface area (Å²) in [6.45, 7) is 5.55. The minimum Gasteiger partial charge on any atom is -0.462 e. The highest BCUT2D eigenvalue weighted by Crippen LogP contribution is 2.24. The predicted octanol–water partition coefficient (Wildman–Crippen LogP) is 3.15. The van der Waals surface area contributed by atoms with E-state index < -0.39 is 10.9 Å². The summed E-state index contributed by atoms with van der Waals surface area (Å²) in [7, 11) is 0. The van der Waals surface area contributed by atoms with Crippen molar-refractivity contribution in [3.63, 3.8) is 0 Å². The number of rotatable bonds is 7. The van der Waals surface area contributed by atoms with E-state index in [9.17, 15) is 19.7 Å². The minimum atomic E-state index is -0.784. The van der Waals surface area contributed by atoms with Crippen LogP contribution in [0.4, 0.5) is 11.4 Å². The SMILES string of the molecule is CCOC(=O)c1cc(NC(=O)C(CC)CC)ccc1[N+](=O)[O-]. The lowest BCUT2D eigenvalue weighted by molar-refractivity contribution is -0.385. The molecule has 0 heterocycles. The maximum absolute atomic E-state index is 12.0. The summed E-state index contributed by atoms with van der Waals surface area (Å²) in [6, 6.07) is 3.87. The third-order valence-electron chi connectivity index (χ3n) is 3.31. The highest BCUT2D eigenvalue weighted by molar-refractivity contribution is 5.98. The van der Waals surface area contributed by atoms with E-state index in [2.05, 4.69) is 5.32 Å². The number of carbonyl (C=O) groups excluding carboxylic acids is 2. The van der Waals surface area contributed by atoms with Gasteiger partial charge in [-0.25, -0.2) is 4.79 Å². The Labute approximate surface area is 128 Å². The van der Waals surface area contributed by atoms with Gasteiger partial charge in [0.1, 0.15) is 5.56 Å². The zero-order valence-corrected chi connectivity index (χ0v) is 12.9. The maximum atomic E-state index is 12.0. The molecule has 0 saturated heterocycles. The molecule has 1 amide bonds. The highest BCUT2D eigenvalue weighted by atomic mass is 16.6. The van der Waals surface area contributed by atoms with Crippen molar-refractivity contribution in [2.45, 2.75) is 33.6 Å². The summed E-state index contributed by atoms with van der Waals surface area (Å²) in [5.41, 5.74) is -0.182. The zero-order chi connectivity index (χ0) is 16.7. The molecule has 1 rings (SSSR count). The van der Waals surface area contributed by atoms with E-state index in [0.717, 1.165) is 0 Å². The zero-order valence-electron chi connectivity index (χ0n) is 12.9. The van der Waals surface area contributed by atoms with Crippen LogP contribution in [0.5, 0.6) is 0 Å². The third-order valence-corrected chi connectivity index (χ3v) is 3.31. The topological polar surface area (TPSA) is 98.5 Å². The molecular weight excluding hydrogens is 288 g/mol. The van der Waals surface area contributed by atoms with Crippen LogP contribution in [0.25, 0.3) is 0 Å². The molecule has 0 aromatic heterocycles. The normalized spacial score (nSPS) is 10.4. The predicted molar refractivity (Wildman–Crippen MR) is 81.8 cm³/mol. The van der Waals surface area contributed by atoms with Crippen LogP contribution in [-0.4, -0.2) is 23.4 Å². The first-order valence-corrected chi connectivity index (χ1v) is 7.20. The number of nitrogens with one attached hydrogen (secondary N) is 1. The van der Waals surface area contributed by atoms with Crippen LogP contribution in [0.2, 0.25) is 0 Å². The fourth-order valence-corrected chi connectivity index (χ4v) is 2.05. The lowest BCUT2D eigenvalue weighted by Crippen LogP contribution is -2.22. The second-order valence-electron chi connectivity index (χ2n) is 4.71. The number of amides is 1. The fraction of sp³-hybridized carbons (Fsp3) is 0.467. The van der Waals surface area contributed by atoms with E-state index >= 15 is 0 Å². The molecule has 0 aliphatic rings. The van der Waals surface area contributed by atoms with Crippen molar-refractivity contribution in [3.8, 4) is 0 Å². The van der Waals surface area contributed by atoms with Gasteiger partial charge in [-0.3, -0.25) is 14.9 Å². The Morgan fingerprint density at radius 1 is 1.27 bits per heavy atom.